The molecule has 1 atom stereocenters. The minimum atomic E-state index is -0.981. The topological polar surface area (TPSA) is 137 Å². The Morgan fingerprint density at radius 2 is 2.00 bits per heavy atom. The van der Waals surface area contributed by atoms with Gasteiger partial charge in [0.1, 0.15) is 11.1 Å². The molecule has 1 N–H and O–H groups in total. The molecule has 0 unspecified atom stereocenters. The van der Waals surface area contributed by atoms with E-state index in [0.29, 0.717) is 18.2 Å². The molecule has 0 radical (unpaired) electrons. The van der Waals surface area contributed by atoms with Gasteiger partial charge in [-0.25, -0.2) is 4.79 Å². The smallest absolute Gasteiger partial charge is 0.329 e. The molecule has 30 heavy (non-hydrogen) atoms. The van der Waals surface area contributed by atoms with Crippen molar-refractivity contribution in [2.75, 3.05) is 0 Å². The molecule has 1 amide bonds. The number of aromatic nitrogens is 2. The largest absolute Gasteiger partial charge is 0.454 e. The first-order chi connectivity index (χ1) is 14.1. The molecule has 10 nitrogen and oxygen atoms in total. The van der Waals surface area contributed by atoms with E-state index >= 15 is 0 Å². The standard InChI is InChI=1S/C19H23ClN4O6/c1-10(2)7-15-21-16(30-23-15)9-29-19(26)17(11(3)4)22-18(25)12-5-6-13(20)14(8-12)24(27)28/h5-6,8,10-11,17H,7,9H2,1-4H3,(H,22,25)/t17-/m0/s1. The third kappa shape index (κ3) is 6.24. The number of benzene rings is 1. The fraction of sp³-hybridized carbons (Fsp3) is 0.474. The van der Waals surface area contributed by atoms with Crippen LogP contribution in [0.1, 0.15) is 49.8 Å². The van der Waals surface area contributed by atoms with Crippen molar-refractivity contribution in [2.45, 2.75) is 46.8 Å². The summed E-state index contributed by atoms with van der Waals surface area (Å²) < 4.78 is 10.3. The molecule has 2 aromatic rings. The van der Waals surface area contributed by atoms with E-state index in [1.807, 2.05) is 13.8 Å². The Balaban J connectivity index is 2.03. The number of nitro benzene ring substituents is 1. The molecule has 0 saturated carbocycles. The molecule has 0 bridgehead atoms. The summed E-state index contributed by atoms with van der Waals surface area (Å²) in [4.78, 5) is 39.5. The second kappa shape index (κ2) is 10.1. The van der Waals surface area contributed by atoms with Crippen molar-refractivity contribution in [3.05, 3.63) is 50.6 Å². The Morgan fingerprint density at radius 3 is 2.60 bits per heavy atom. The number of nitrogens with zero attached hydrogens (tertiary/aromatic N) is 3. The van der Waals surface area contributed by atoms with Gasteiger partial charge in [-0.2, -0.15) is 4.98 Å². The number of carbonyl (C=O) groups is 2. The van der Waals surface area contributed by atoms with Gasteiger partial charge in [-0.3, -0.25) is 14.9 Å². The van der Waals surface area contributed by atoms with Crippen LogP contribution in [0.25, 0.3) is 0 Å². The summed E-state index contributed by atoms with van der Waals surface area (Å²) in [6.45, 7) is 7.26. The first kappa shape index (κ1) is 23.3. The van der Waals surface area contributed by atoms with Crippen molar-refractivity contribution in [1.82, 2.24) is 15.5 Å². The van der Waals surface area contributed by atoms with Gasteiger partial charge < -0.3 is 14.6 Å². The predicted molar refractivity (Wildman–Crippen MR) is 107 cm³/mol. The normalized spacial score (nSPS) is 12.1. The maximum Gasteiger partial charge on any atom is 0.329 e. The lowest BCUT2D eigenvalue weighted by molar-refractivity contribution is -0.384. The van der Waals surface area contributed by atoms with Crippen molar-refractivity contribution in [2.24, 2.45) is 11.8 Å². The van der Waals surface area contributed by atoms with Crippen LogP contribution < -0.4 is 5.32 Å². The van der Waals surface area contributed by atoms with Crippen LogP contribution in [0.3, 0.4) is 0 Å². The van der Waals surface area contributed by atoms with Gasteiger partial charge in [-0.1, -0.05) is 44.5 Å². The van der Waals surface area contributed by atoms with Crippen molar-refractivity contribution < 1.29 is 23.8 Å². The highest BCUT2D eigenvalue weighted by Crippen LogP contribution is 2.25. The van der Waals surface area contributed by atoms with E-state index < -0.39 is 28.5 Å². The zero-order valence-corrected chi connectivity index (χ0v) is 17.8. The highest BCUT2D eigenvalue weighted by Gasteiger charge is 2.27. The highest BCUT2D eigenvalue weighted by atomic mass is 35.5. The van der Waals surface area contributed by atoms with Gasteiger partial charge in [0, 0.05) is 18.1 Å². The monoisotopic (exact) mass is 438 g/mol. The Labute approximate surface area is 178 Å². The SMILES string of the molecule is CC(C)Cc1noc(COC(=O)[C@@H](NC(=O)c2ccc(Cl)c([N+](=O)[O-])c2)C(C)C)n1. The maximum absolute atomic E-state index is 12.5. The van der Waals surface area contributed by atoms with Crippen molar-refractivity contribution in [3.63, 3.8) is 0 Å². The Hall–Kier alpha value is -3.01. The molecule has 1 aromatic heterocycles. The van der Waals surface area contributed by atoms with Gasteiger partial charge in [0.05, 0.1) is 4.92 Å². The average molecular weight is 439 g/mol. The maximum atomic E-state index is 12.5. The molecule has 0 aliphatic heterocycles. The molecule has 11 heteroatoms. The summed E-state index contributed by atoms with van der Waals surface area (Å²) >= 11 is 5.76. The van der Waals surface area contributed by atoms with Crippen LogP contribution in [0.15, 0.2) is 22.7 Å². The molecule has 162 valence electrons. The summed E-state index contributed by atoms with van der Waals surface area (Å²) in [6.07, 6.45) is 0.634. The van der Waals surface area contributed by atoms with Crippen LogP contribution in [0.4, 0.5) is 5.69 Å². The zero-order chi connectivity index (χ0) is 22.4. The molecule has 0 aliphatic rings. The highest BCUT2D eigenvalue weighted by molar-refractivity contribution is 6.32. The molecule has 0 spiro atoms. The van der Waals surface area contributed by atoms with Crippen LogP contribution in [0.5, 0.6) is 0 Å². The first-order valence-electron chi connectivity index (χ1n) is 9.31. The van der Waals surface area contributed by atoms with Crippen molar-refractivity contribution >= 4 is 29.2 Å². The Morgan fingerprint density at radius 1 is 1.30 bits per heavy atom. The summed E-state index contributed by atoms with van der Waals surface area (Å²) in [7, 11) is 0. The third-order valence-electron chi connectivity index (χ3n) is 4.05. The number of nitro groups is 1. The van der Waals surface area contributed by atoms with Gasteiger partial charge in [0.2, 0.25) is 0 Å². The number of hydrogen-bond acceptors (Lipinski definition) is 8. The quantitative estimate of drug-likeness (QED) is 0.357. The van der Waals surface area contributed by atoms with Gasteiger partial charge in [-0.15, -0.1) is 0 Å². The Kier molecular flexibility index (Phi) is 7.87. The lowest BCUT2D eigenvalue weighted by atomic mass is 10.0. The molecular weight excluding hydrogens is 416 g/mol. The average Bonchev–Trinajstić information content (AvgIpc) is 3.10. The van der Waals surface area contributed by atoms with Crippen LogP contribution in [-0.2, 0) is 22.6 Å². The molecule has 1 aromatic carbocycles. The number of hydrogen-bond donors (Lipinski definition) is 1. The molecule has 1 heterocycles. The summed E-state index contributed by atoms with van der Waals surface area (Å²) in [5, 5.41) is 17.3. The molecule has 0 aliphatic carbocycles. The van der Waals surface area contributed by atoms with E-state index in [1.54, 1.807) is 13.8 Å². The third-order valence-corrected chi connectivity index (χ3v) is 4.37. The predicted octanol–water partition coefficient (Wildman–Crippen LogP) is 3.33. The van der Waals surface area contributed by atoms with E-state index in [9.17, 15) is 19.7 Å². The molecule has 0 fully saturated rings. The number of halogens is 1. The number of carbonyl (C=O) groups excluding carboxylic acids is 2. The molecule has 0 saturated heterocycles. The number of amides is 1. The summed E-state index contributed by atoms with van der Waals surface area (Å²) in [5.41, 5.74) is -0.402. The van der Waals surface area contributed by atoms with Crippen LogP contribution in [0.2, 0.25) is 5.02 Å². The van der Waals surface area contributed by atoms with E-state index in [-0.39, 0.29) is 29.0 Å². The fourth-order valence-electron chi connectivity index (χ4n) is 2.54. The second-order valence-corrected chi connectivity index (χ2v) is 7.84. The number of nitrogens with one attached hydrogen (secondary N) is 1. The van der Waals surface area contributed by atoms with E-state index in [2.05, 4.69) is 15.5 Å². The fourth-order valence-corrected chi connectivity index (χ4v) is 2.72. The van der Waals surface area contributed by atoms with Crippen molar-refractivity contribution in [3.8, 4) is 0 Å². The van der Waals surface area contributed by atoms with Crippen LogP contribution in [0, 0.1) is 22.0 Å². The van der Waals surface area contributed by atoms with E-state index in [4.69, 9.17) is 20.9 Å². The molecular formula is C19H23ClN4O6. The van der Waals surface area contributed by atoms with Crippen LogP contribution >= 0.6 is 11.6 Å². The molecule has 2 rings (SSSR count). The zero-order valence-electron chi connectivity index (χ0n) is 17.0. The Bertz CT molecular complexity index is 927. The lowest BCUT2D eigenvalue weighted by Crippen LogP contribution is -2.45. The van der Waals surface area contributed by atoms with E-state index in [1.165, 1.54) is 12.1 Å². The lowest BCUT2D eigenvalue weighted by Gasteiger charge is -2.20. The summed E-state index contributed by atoms with van der Waals surface area (Å²) in [6, 6.07) is 2.66. The number of esters is 1. The number of rotatable bonds is 9. The first-order valence-corrected chi connectivity index (χ1v) is 9.69. The van der Waals surface area contributed by atoms with Gasteiger partial charge >= 0.3 is 5.97 Å². The van der Waals surface area contributed by atoms with Crippen LogP contribution in [-0.4, -0.2) is 33.0 Å². The minimum absolute atomic E-state index is 0.000205. The van der Waals surface area contributed by atoms with E-state index in [0.717, 1.165) is 6.07 Å². The number of ether oxygens (including phenoxy) is 1. The second-order valence-electron chi connectivity index (χ2n) is 7.43. The van der Waals surface area contributed by atoms with Gasteiger partial charge in [-0.05, 0) is 24.0 Å². The summed E-state index contributed by atoms with van der Waals surface area (Å²) in [5.74, 6) is -0.631. The van der Waals surface area contributed by atoms with Gasteiger partial charge in [0.25, 0.3) is 17.5 Å². The van der Waals surface area contributed by atoms with Crippen molar-refractivity contribution in [1.29, 1.82) is 0 Å². The van der Waals surface area contributed by atoms with Gasteiger partial charge in [0.15, 0.2) is 12.4 Å². The minimum Gasteiger partial charge on any atom is -0.454 e.